The van der Waals surface area contributed by atoms with Gasteiger partial charge >= 0.3 is 0 Å². The minimum Gasteiger partial charge on any atom is -0.329 e. The van der Waals surface area contributed by atoms with Crippen LogP contribution in [0.2, 0.25) is 0 Å². The van der Waals surface area contributed by atoms with Crippen molar-refractivity contribution in [3.05, 3.63) is 35.1 Å². The first-order valence-corrected chi connectivity index (χ1v) is 7.13. The molecule has 1 fully saturated rings. The summed E-state index contributed by atoms with van der Waals surface area (Å²) in [6.45, 7) is 9.26. The summed E-state index contributed by atoms with van der Waals surface area (Å²) >= 11 is 0. The summed E-state index contributed by atoms with van der Waals surface area (Å²) in [7, 11) is 0. The van der Waals surface area contributed by atoms with Crippen LogP contribution in [0, 0.1) is 18.2 Å². The molecular weight excluding hydrogens is 239 g/mol. The van der Waals surface area contributed by atoms with Crippen molar-refractivity contribution >= 4 is 0 Å². The molecular formula is C16H25FN2. The lowest BCUT2D eigenvalue weighted by Gasteiger charge is -2.42. The van der Waals surface area contributed by atoms with E-state index in [1.165, 1.54) is 18.9 Å². The Morgan fingerprint density at radius 2 is 2.16 bits per heavy atom. The van der Waals surface area contributed by atoms with E-state index in [-0.39, 0.29) is 11.9 Å². The second-order valence-electron chi connectivity index (χ2n) is 6.49. The van der Waals surface area contributed by atoms with Crippen molar-refractivity contribution in [1.82, 2.24) is 4.90 Å². The number of hydrogen-bond donors (Lipinski definition) is 1. The Balaban J connectivity index is 2.26. The van der Waals surface area contributed by atoms with Gasteiger partial charge in [0.15, 0.2) is 0 Å². The highest BCUT2D eigenvalue weighted by Gasteiger charge is 2.31. The summed E-state index contributed by atoms with van der Waals surface area (Å²) in [5.74, 6) is -0.171. The second-order valence-corrected chi connectivity index (χ2v) is 6.49. The summed E-state index contributed by atoms with van der Waals surface area (Å²) in [6.07, 6.45) is 2.45. The van der Waals surface area contributed by atoms with Crippen LogP contribution in [-0.2, 0) is 0 Å². The summed E-state index contributed by atoms with van der Waals surface area (Å²) < 4.78 is 13.5. The van der Waals surface area contributed by atoms with Crippen LogP contribution >= 0.6 is 0 Å². The molecule has 0 bridgehead atoms. The molecule has 2 nitrogen and oxygen atoms in total. The van der Waals surface area contributed by atoms with E-state index < -0.39 is 0 Å². The lowest BCUT2D eigenvalue weighted by Crippen LogP contribution is -2.44. The highest BCUT2D eigenvalue weighted by molar-refractivity contribution is 5.30. The van der Waals surface area contributed by atoms with Gasteiger partial charge in [-0.2, -0.15) is 0 Å². The van der Waals surface area contributed by atoms with Crippen molar-refractivity contribution in [2.24, 2.45) is 11.1 Å². The van der Waals surface area contributed by atoms with Gasteiger partial charge in [0, 0.05) is 19.1 Å². The predicted octanol–water partition coefficient (Wildman–Crippen LogP) is 3.26. The fourth-order valence-corrected chi connectivity index (χ4v) is 3.18. The van der Waals surface area contributed by atoms with Gasteiger partial charge in [0.25, 0.3) is 0 Å². The molecule has 1 aromatic rings. The number of hydrogen-bond acceptors (Lipinski definition) is 2. The molecule has 2 N–H and O–H groups in total. The lowest BCUT2D eigenvalue weighted by molar-refractivity contribution is 0.0803. The van der Waals surface area contributed by atoms with E-state index in [2.05, 4.69) is 18.7 Å². The molecule has 2 rings (SSSR count). The highest BCUT2D eigenvalue weighted by Crippen LogP contribution is 2.34. The number of nitrogens with two attached hydrogens (primary N) is 1. The maximum Gasteiger partial charge on any atom is 0.123 e. The fourth-order valence-electron chi connectivity index (χ4n) is 3.18. The molecule has 0 aromatic heterocycles. The van der Waals surface area contributed by atoms with Gasteiger partial charge in [-0.3, -0.25) is 4.90 Å². The number of benzene rings is 1. The third kappa shape index (κ3) is 3.34. The zero-order valence-electron chi connectivity index (χ0n) is 12.2. The summed E-state index contributed by atoms with van der Waals surface area (Å²) in [5, 5.41) is 0. The topological polar surface area (TPSA) is 29.3 Å². The third-order valence-corrected chi connectivity index (χ3v) is 4.19. The average molecular weight is 264 g/mol. The molecule has 0 aliphatic carbocycles. The minimum atomic E-state index is -0.171. The van der Waals surface area contributed by atoms with Gasteiger partial charge in [-0.1, -0.05) is 19.9 Å². The lowest BCUT2D eigenvalue weighted by atomic mass is 9.83. The van der Waals surface area contributed by atoms with Crippen LogP contribution in [0.5, 0.6) is 0 Å². The van der Waals surface area contributed by atoms with Gasteiger partial charge in [0.05, 0.1) is 0 Å². The predicted molar refractivity (Wildman–Crippen MR) is 77.5 cm³/mol. The molecule has 19 heavy (non-hydrogen) atoms. The monoisotopic (exact) mass is 264 g/mol. The van der Waals surface area contributed by atoms with Crippen molar-refractivity contribution in [3.63, 3.8) is 0 Å². The molecule has 0 amide bonds. The molecule has 3 heteroatoms. The molecule has 0 radical (unpaired) electrons. The Labute approximate surface area is 115 Å². The van der Waals surface area contributed by atoms with Crippen LogP contribution in [0.1, 0.15) is 43.9 Å². The van der Waals surface area contributed by atoms with Gasteiger partial charge in [-0.15, -0.1) is 0 Å². The zero-order chi connectivity index (χ0) is 14.0. The Morgan fingerprint density at radius 3 is 2.79 bits per heavy atom. The Bertz CT molecular complexity index is 442. The van der Waals surface area contributed by atoms with Crippen LogP contribution in [0.25, 0.3) is 0 Å². The van der Waals surface area contributed by atoms with Crippen LogP contribution in [0.4, 0.5) is 4.39 Å². The molecule has 1 heterocycles. The van der Waals surface area contributed by atoms with Crippen molar-refractivity contribution in [3.8, 4) is 0 Å². The maximum absolute atomic E-state index is 13.5. The fraction of sp³-hybridized carbons (Fsp3) is 0.625. The van der Waals surface area contributed by atoms with Gasteiger partial charge in [-0.05, 0) is 55.0 Å². The van der Waals surface area contributed by atoms with Gasteiger partial charge in [0.2, 0.25) is 0 Å². The number of halogens is 1. The number of rotatable bonds is 3. The van der Waals surface area contributed by atoms with E-state index in [1.54, 1.807) is 6.07 Å². The molecule has 0 spiro atoms. The maximum atomic E-state index is 13.5. The van der Waals surface area contributed by atoms with Gasteiger partial charge in [-0.25, -0.2) is 4.39 Å². The van der Waals surface area contributed by atoms with E-state index in [0.717, 1.165) is 24.2 Å². The number of likely N-dealkylation sites (tertiary alicyclic amines) is 1. The summed E-state index contributed by atoms with van der Waals surface area (Å²) in [6, 6.07) is 5.15. The molecule has 1 atom stereocenters. The molecule has 1 saturated heterocycles. The van der Waals surface area contributed by atoms with Crippen LogP contribution in [0.15, 0.2) is 18.2 Å². The Kier molecular flexibility index (Phi) is 4.26. The van der Waals surface area contributed by atoms with E-state index >= 15 is 0 Å². The largest absolute Gasteiger partial charge is 0.329 e. The average Bonchev–Trinajstić information content (AvgIpc) is 2.33. The van der Waals surface area contributed by atoms with Crippen LogP contribution < -0.4 is 5.73 Å². The van der Waals surface area contributed by atoms with Crippen LogP contribution in [0.3, 0.4) is 0 Å². The third-order valence-electron chi connectivity index (χ3n) is 4.19. The van der Waals surface area contributed by atoms with E-state index in [1.807, 2.05) is 13.0 Å². The summed E-state index contributed by atoms with van der Waals surface area (Å²) in [4.78, 5) is 2.42. The Morgan fingerprint density at radius 1 is 1.42 bits per heavy atom. The van der Waals surface area contributed by atoms with Crippen molar-refractivity contribution in [2.45, 2.75) is 39.7 Å². The van der Waals surface area contributed by atoms with Crippen molar-refractivity contribution < 1.29 is 4.39 Å². The number of aryl methyl sites for hydroxylation is 1. The number of nitrogens with zero attached hydrogens (tertiary/aromatic N) is 1. The molecule has 1 aliphatic heterocycles. The van der Waals surface area contributed by atoms with E-state index in [9.17, 15) is 4.39 Å². The highest BCUT2D eigenvalue weighted by atomic mass is 19.1. The van der Waals surface area contributed by atoms with Crippen molar-refractivity contribution in [2.75, 3.05) is 19.6 Å². The van der Waals surface area contributed by atoms with E-state index in [4.69, 9.17) is 5.73 Å². The normalized spacial score (nSPS) is 21.3. The quantitative estimate of drug-likeness (QED) is 0.908. The molecule has 0 saturated carbocycles. The second kappa shape index (κ2) is 5.59. The molecule has 1 aliphatic rings. The first-order chi connectivity index (χ1) is 8.93. The first-order valence-electron chi connectivity index (χ1n) is 7.13. The SMILES string of the molecule is Cc1ccc(F)cc1C(CN)N1CCCC(C)(C)C1. The molecule has 106 valence electrons. The molecule has 1 unspecified atom stereocenters. The van der Waals surface area contributed by atoms with Crippen LogP contribution in [-0.4, -0.2) is 24.5 Å². The van der Waals surface area contributed by atoms with Gasteiger partial charge in [0.1, 0.15) is 5.82 Å². The first kappa shape index (κ1) is 14.5. The summed E-state index contributed by atoms with van der Waals surface area (Å²) in [5.41, 5.74) is 8.47. The standard InChI is InChI=1S/C16H25FN2/c1-12-5-6-13(17)9-14(12)15(10-18)19-8-4-7-16(2,3)11-19/h5-6,9,15H,4,7-8,10-11,18H2,1-3H3. The smallest absolute Gasteiger partial charge is 0.123 e. The number of piperidine rings is 1. The minimum absolute atomic E-state index is 0.135. The zero-order valence-corrected chi connectivity index (χ0v) is 12.2. The molecule has 1 aromatic carbocycles. The Hall–Kier alpha value is -0.930. The van der Waals surface area contributed by atoms with Gasteiger partial charge < -0.3 is 5.73 Å². The van der Waals surface area contributed by atoms with Crippen molar-refractivity contribution in [1.29, 1.82) is 0 Å². The van der Waals surface area contributed by atoms with E-state index in [0.29, 0.717) is 12.0 Å².